The molecule has 0 fully saturated rings. The monoisotopic (exact) mass is 307 g/mol. The molecule has 0 radical (unpaired) electrons. The van der Waals surface area contributed by atoms with Crippen molar-refractivity contribution < 1.29 is 14.0 Å². The largest absolute Gasteiger partial charge is 0.391 e. The highest BCUT2D eigenvalue weighted by atomic mass is 32.1. The fourth-order valence-corrected chi connectivity index (χ4v) is 2.23. The fourth-order valence-electron chi connectivity index (χ4n) is 1.51. The molecule has 1 heterocycles. The van der Waals surface area contributed by atoms with Gasteiger partial charge in [0, 0.05) is 12.6 Å². The van der Waals surface area contributed by atoms with Crippen LogP contribution in [0.2, 0.25) is 0 Å². The molecule has 0 aliphatic rings. The second-order valence-electron chi connectivity index (χ2n) is 4.06. The van der Waals surface area contributed by atoms with Crippen LogP contribution in [0.4, 0.5) is 9.52 Å². The van der Waals surface area contributed by atoms with Gasteiger partial charge in [0.1, 0.15) is 12.4 Å². The van der Waals surface area contributed by atoms with Gasteiger partial charge in [-0.05, 0) is 6.07 Å². The number of oxime groups is 1. The number of rotatable bonds is 7. The highest BCUT2D eigenvalue weighted by Crippen LogP contribution is 2.18. The van der Waals surface area contributed by atoms with Crippen LogP contribution < -0.4 is 5.32 Å². The second kappa shape index (κ2) is 7.49. The molecule has 1 aromatic carbocycles. The summed E-state index contributed by atoms with van der Waals surface area (Å²) in [6.07, 6.45) is 3.00. The Bertz CT molecular complexity index is 643. The SMILES string of the molecule is CNc1ncc(C(=O)CC=NOCc2ccccc2F)s1. The Hall–Kier alpha value is -2.28. The number of hydrogen-bond acceptors (Lipinski definition) is 6. The van der Waals surface area contributed by atoms with Crippen molar-refractivity contribution in [3.63, 3.8) is 0 Å². The molecule has 1 aromatic heterocycles. The van der Waals surface area contributed by atoms with Crippen LogP contribution >= 0.6 is 11.3 Å². The highest BCUT2D eigenvalue weighted by Gasteiger charge is 2.08. The molecule has 0 saturated carbocycles. The normalized spacial score (nSPS) is 10.8. The van der Waals surface area contributed by atoms with E-state index in [0.29, 0.717) is 15.6 Å². The van der Waals surface area contributed by atoms with E-state index < -0.39 is 0 Å². The molecule has 21 heavy (non-hydrogen) atoms. The van der Waals surface area contributed by atoms with E-state index >= 15 is 0 Å². The summed E-state index contributed by atoms with van der Waals surface area (Å²) in [4.78, 5) is 21.3. The van der Waals surface area contributed by atoms with Gasteiger partial charge >= 0.3 is 0 Å². The molecule has 110 valence electrons. The van der Waals surface area contributed by atoms with Gasteiger partial charge in [-0.2, -0.15) is 0 Å². The highest BCUT2D eigenvalue weighted by molar-refractivity contribution is 7.17. The van der Waals surface area contributed by atoms with Gasteiger partial charge in [-0.3, -0.25) is 4.79 Å². The number of nitrogens with one attached hydrogen (secondary N) is 1. The topological polar surface area (TPSA) is 63.6 Å². The molecule has 0 spiro atoms. The van der Waals surface area contributed by atoms with Gasteiger partial charge in [-0.25, -0.2) is 9.37 Å². The molecular formula is C14H14FN3O2S. The zero-order chi connectivity index (χ0) is 15.1. The van der Waals surface area contributed by atoms with Crippen LogP contribution in [0.3, 0.4) is 0 Å². The lowest BCUT2D eigenvalue weighted by Crippen LogP contribution is -1.97. The Morgan fingerprint density at radius 2 is 2.33 bits per heavy atom. The summed E-state index contributed by atoms with van der Waals surface area (Å²) >= 11 is 1.28. The minimum Gasteiger partial charge on any atom is -0.391 e. The number of carbonyl (C=O) groups is 1. The molecule has 2 rings (SSSR count). The van der Waals surface area contributed by atoms with Gasteiger partial charge in [0.05, 0.1) is 23.7 Å². The summed E-state index contributed by atoms with van der Waals surface area (Å²) in [6, 6.07) is 6.30. The molecule has 0 amide bonds. The van der Waals surface area contributed by atoms with Crippen LogP contribution in [0.1, 0.15) is 21.7 Å². The first-order valence-corrected chi connectivity index (χ1v) is 7.06. The van der Waals surface area contributed by atoms with Gasteiger partial charge in [-0.15, -0.1) is 0 Å². The number of halogens is 1. The van der Waals surface area contributed by atoms with Gasteiger partial charge in [-0.1, -0.05) is 34.7 Å². The number of Topliss-reactive ketones (excluding diaryl/α,β-unsaturated/α-hetero) is 1. The summed E-state index contributed by atoms with van der Waals surface area (Å²) in [5.41, 5.74) is 0.419. The van der Waals surface area contributed by atoms with Crippen molar-refractivity contribution in [2.45, 2.75) is 13.0 Å². The summed E-state index contributed by atoms with van der Waals surface area (Å²) in [5.74, 6) is -0.430. The van der Waals surface area contributed by atoms with Crippen LogP contribution in [-0.2, 0) is 11.4 Å². The number of carbonyl (C=O) groups excluding carboxylic acids is 1. The van der Waals surface area contributed by atoms with Crippen molar-refractivity contribution in [3.05, 3.63) is 46.7 Å². The first-order valence-electron chi connectivity index (χ1n) is 6.24. The Labute approximate surface area is 125 Å². The Kier molecular flexibility index (Phi) is 5.39. The third-order valence-electron chi connectivity index (χ3n) is 2.60. The minimum absolute atomic E-state index is 0.0296. The lowest BCUT2D eigenvalue weighted by molar-refractivity contribution is 0.0999. The number of hydrogen-bond donors (Lipinski definition) is 1. The quantitative estimate of drug-likeness (QED) is 0.485. The Balaban J connectivity index is 1.78. The third-order valence-corrected chi connectivity index (χ3v) is 3.65. The van der Waals surface area contributed by atoms with Gasteiger partial charge in [0.15, 0.2) is 10.9 Å². The summed E-state index contributed by atoms with van der Waals surface area (Å²) in [6.45, 7) is 0.0296. The van der Waals surface area contributed by atoms with Crippen molar-refractivity contribution in [2.75, 3.05) is 12.4 Å². The Morgan fingerprint density at radius 3 is 3.05 bits per heavy atom. The minimum atomic E-state index is -0.340. The standard InChI is InChI=1S/C14H14FN3O2S/c1-16-14-17-8-13(21-14)12(19)6-7-18-20-9-10-4-2-3-5-11(10)15/h2-5,7-8H,6,9H2,1H3,(H,16,17). The zero-order valence-electron chi connectivity index (χ0n) is 11.4. The van der Waals surface area contributed by atoms with Crippen LogP contribution in [-0.4, -0.2) is 24.0 Å². The van der Waals surface area contributed by atoms with Crippen LogP contribution in [0.5, 0.6) is 0 Å². The van der Waals surface area contributed by atoms with Crippen molar-refractivity contribution in [3.8, 4) is 0 Å². The fraction of sp³-hybridized carbons (Fsp3) is 0.214. The van der Waals surface area contributed by atoms with E-state index in [2.05, 4.69) is 15.5 Å². The van der Waals surface area contributed by atoms with E-state index in [1.54, 1.807) is 25.2 Å². The van der Waals surface area contributed by atoms with Crippen molar-refractivity contribution in [2.24, 2.45) is 5.16 Å². The van der Waals surface area contributed by atoms with Crippen LogP contribution in [0.25, 0.3) is 0 Å². The average Bonchev–Trinajstić information content (AvgIpc) is 2.97. The average molecular weight is 307 g/mol. The second-order valence-corrected chi connectivity index (χ2v) is 5.09. The van der Waals surface area contributed by atoms with Crippen molar-refractivity contribution in [1.82, 2.24) is 4.98 Å². The lowest BCUT2D eigenvalue weighted by Gasteiger charge is -2.00. The molecule has 0 bridgehead atoms. The van der Waals surface area contributed by atoms with Crippen LogP contribution in [0.15, 0.2) is 35.6 Å². The summed E-state index contributed by atoms with van der Waals surface area (Å²) in [7, 11) is 1.74. The smallest absolute Gasteiger partial charge is 0.183 e. The third kappa shape index (κ3) is 4.35. The van der Waals surface area contributed by atoms with E-state index in [-0.39, 0.29) is 24.6 Å². The van der Waals surface area contributed by atoms with Crippen LogP contribution in [0, 0.1) is 5.82 Å². The van der Waals surface area contributed by atoms with E-state index in [1.807, 2.05) is 0 Å². The Morgan fingerprint density at radius 1 is 1.52 bits per heavy atom. The molecule has 2 aromatic rings. The molecule has 1 N–H and O–H groups in total. The summed E-state index contributed by atoms with van der Waals surface area (Å²) in [5, 5.41) is 7.21. The lowest BCUT2D eigenvalue weighted by atomic mass is 10.2. The number of thiazole rings is 1. The van der Waals surface area contributed by atoms with E-state index in [9.17, 15) is 9.18 Å². The van der Waals surface area contributed by atoms with Gasteiger partial charge in [0.25, 0.3) is 0 Å². The maximum atomic E-state index is 13.3. The number of benzene rings is 1. The van der Waals surface area contributed by atoms with E-state index in [0.717, 1.165) is 0 Å². The molecular weight excluding hydrogens is 293 g/mol. The predicted molar refractivity (Wildman–Crippen MR) is 80.3 cm³/mol. The number of anilines is 1. The van der Waals surface area contributed by atoms with Crippen molar-refractivity contribution in [1.29, 1.82) is 0 Å². The van der Waals surface area contributed by atoms with Gasteiger partial charge < -0.3 is 10.2 Å². The molecule has 0 unspecified atom stereocenters. The number of nitrogens with zero attached hydrogens (tertiary/aromatic N) is 2. The van der Waals surface area contributed by atoms with E-state index in [1.165, 1.54) is 29.8 Å². The summed E-state index contributed by atoms with van der Waals surface area (Å²) < 4.78 is 13.3. The molecule has 7 heteroatoms. The molecule has 0 saturated heterocycles. The molecule has 0 aliphatic carbocycles. The number of aromatic nitrogens is 1. The molecule has 5 nitrogen and oxygen atoms in total. The maximum Gasteiger partial charge on any atom is 0.183 e. The predicted octanol–water partition coefficient (Wildman–Crippen LogP) is 3.10. The molecule has 0 aliphatic heterocycles. The maximum absolute atomic E-state index is 13.3. The van der Waals surface area contributed by atoms with Crippen molar-refractivity contribution >= 4 is 28.5 Å². The number of ketones is 1. The first-order chi connectivity index (χ1) is 10.2. The van der Waals surface area contributed by atoms with E-state index in [4.69, 9.17) is 4.84 Å². The zero-order valence-corrected chi connectivity index (χ0v) is 12.2. The molecule has 0 atom stereocenters. The first kappa shape index (κ1) is 15.1. The van der Waals surface area contributed by atoms with Gasteiger partial charge in [0.2, 0.25) is 0 Å².